The summed E-state index contributed by atoms with van der Waals surface area (Å²) in [5.74, 6) is 0.612. The van der Waals surface area contributed by atoms with Crippen molar-refractivity contribution in [3.63, 3.8) is 0 Å². The van der Waals surface area contributed by atoms with Crippen molar-refractivity contribution >= 4 is 14.4 Å². The molecule has 35 heavy (non-hydrogen) atoms. The summed E-state index contributed by atoms with van der Waals surface area (Å²) < 4.78 is 27.1. The van der Waals surface area contributed by atoms with E-state index in [-0.39, 0.29) is 29.5 Å². The Morgan fingerprint density at radius 2 is 1.69 bits per heavy atom. The van der Waals surface area contributed by atoms with Crippen LogP contribution in [0.4, 0.5) is 9.18 Å². The molecule has 192 valence electrons. The van der Waals surface area contributed by atoms with Crippen LogP contribution in [-0.2, 0) is 15.8 Å². The van der Waals surface area contributed by atoms with E-state index >= 15 is 4.39 Å². The zero-order valence-electron chi connectivity index (χ0n) is 22.4. The molecule has 3 rings (SSSR count). The lowest BCUT2D eigenvalue weighted by atomic mass is 9.96. The molecule has 1 aromatic carbocycles. The number of nitrogens with zero attached hydrogens (tertiary/aromatic N) is 3. The fourth-order valence-electron chi connectivity index (χ4n) is 3.72. The van der Waals surface area contributed by atoms with E-state index in [2.05, 4.69) is 43.8 Å². The van der Waals surface area contributed by atoms with Gasteiger partial charge in [-0.3, -0.25) is 0 Å². The predicted octanol–water partition coefficient (Wildman–Crippen LogP) is 6.92. The summed E-state index contributed by atoms with van der Waals surface area (Å²) in [5, 5.41) is 0.0633. The molecule has 2 aromatic rings. The van der Waals surface area contributed by atoms with Gasteiger partial charge < -0.3 is 14.1 Å². The highest BCUT2D eigenvalue weighted by atomic mass is 28.4. The number of hydrogen-bond donors (Lipinski definition) is 0. The third-order valence-electron chi connectivity index (χ3n) is 6.97. The summed E-state index contributed by atoms with van der Waals surface area (Å²) in [6, 6.07) is 5.38. The Kier molecular flexibility index (Phi) is 8.06. The summed E-state index contributed by atoms with van der Waals surface area (Å²) >= 11 is 0. The second-order valence-corrected chi connectivity index (χ2v) is 16.7. The third-order valence-corrected chi connectivity index (χ3v) is 11.4. The van der Waals surface area contributed by atoms with Crippen LogP contribution in [0.2, 0.25) is 18.1 Å². The first-order chi connectivity index (χ1) is 16.2. The number of benzene rings is 1. The average Bonchev–Trinajstić information content (AvgIpc) is 2.77. The molecule has 0 radical (unpaired) electrons. The second-order valence-electron chi connectivity index (χ2n) is 11.9. The molecule has 1 aromatic heterocycles. The van der Waals surface area contributed by atoms with E-state index in [1.54, 1.807) is 29.4 Å². The Bertz CT molecular complexity index is 1020. The van der Waals surface area contributed by atoms with Gasteiger partial charge in [-0.2, -0.15) is 0 Å². The van der Waals surface area contributed by atoms with Crippen LogP contribution < -0.4 is 0 Å². The minimum atomic E-state index is -1.98. The van der Waals surface area contributed by atoms with Gasteiger partial charge in [-0.15, -0.1) is 0 Å². The number of piperidine rings is 1. The zero-order chi connectivity index (χ0) is 26.0. The van der Waals surface area contributed by atoms with Gasteiger partial charge in [0.15, 0.2) is 8.32 Å². The van der Waals surface area contributed by atoms with E-state index in [0.29, 0.717) is 29.8 Å². The van der Waals surface area contributed by atoms with Crippen molar-refractivity contribution in [1.29, 1.82) is 0 Å². The molecule has 0 saturated carbocycles. The topological polar surface area (TPSA) is 64.5 Å². The van der Waals surface area contributed by atoms with E-state index in [1.807, 2.05) is 26.8 Å². The largest absolute Gasteiger partial charge is 0.444 e. The standard InChI is InChI=1S/C27H40FN3O3Si/c1-26(2,3)34-25(32)31-14-12-19(13-15-31)24-29-16-21(17-30-24)22-11-9-10-20(23(22)28)18-33-35(7,8)27(4,5)6/h9-11,16-17,19H,12-15,18H2,1-8H3. The van der Waals surface area contributed by atoms with Crippen LogP contribution in [0.5, 0.6) is 0 Å². The Balaban J connectivity index is 1.65. The Labute approximate surface area is 210 Å². The predicted molar refractivity (Wildman–Crippen MR) is 139 cm³/mol. The number of likely N-dealkylation sites (tertiary alicyclic amines) is 1. The summed E-state index contributed by atoms with van der Waals surface area (Å²) in [6.45, 7) is 17.9. The third kappa shape index (κ3) is 6.88. The molecule has 0 unspecified atom stereocenters. The summed E-state index contributed by atoms with van der Waals surface area (Å²) in [5.41, 5.74) is 1.17. The van der Waals surface area contributed by atoms with Gasteiger partial charge in [0.2, 0.25) is 0 Å². The maximum atomic E-state index is 15.4. The number of rotatable bonds is 5. The number of carbonyl (C=O) groups is 1. The molecule has 2 heterocycles. The number of amides is 1. The first-order valence-corrected chi connectivity index (χ1v) is 15.3. The van der Waals surface area contributed by atoms with E-state index in [4.69, 9.17) is 9.16 Å². The minimum absolute atomic E-state index is 0.0633. The summed E-state index contributed by atoms with van der Waals surface area (Å²) in [4.78, 5) is 23.2. The van der Waals surface area contributed by atoms with Crippen molar-refractivity contribution in [2.45, 2.75) is 90.6 Å². The molecule has 0 N–H and O–H groups in total. The Morgan fingerprint density at radius 1 is 1.09 bits per heavy atom. The molecule has 1 saturated heterocycles. The van der Waals surface area contributed by atoms with Gasteiger partial charge in [-0.25, -0.2) is 19.2 Å². The second kappa shape index (κ2) is 10.3. The summed E-state index contributed by atoms with van der Waals surface area (Å²) in [6.07, 6.45) is 4.65. The smallest absolute Gasteiger partial charge is 0.410 e. The van der Waals surface area contributed by atoms with Gasteiger partial charge in [0.05, 0.1) is 6.61 Å². The molecule has 8 heteroatoms. The quantitative estimate of drug-likeness (QED) is 0.416. The Morgan fingerprint density at radius 3 is 2.23 bits per heavy atom. The number of halogens is 1. The van der Waals surface area contributed by atoms with Gasteiger partial charge >= 0.3 is 6.09 Å². The first kappa shape index (κ1) is 27.3. The molecule has 0 aliphatic carbocycles. The van der Waals surface area contributed by atoms with Crippen LogP contribution in [0.3, 0.4) is 0 Å². The molecule has 6 nitrogen and oxygen atoms in total. The summed E-state index contributed by atoms with van der Waals surface area (Å²) in [7, 11) is -1.98. The van der Waals surface area contributed by atoms with Crippen LogP contribution in [0, 0.1) is 5.82 Å². The molecule has 1 amide bonds. The van der Waals surface area contributed by atoms with Crippen LogP contribution >= 0.6 is 0 Å². The van der Waals surface area contributed by atoms with Gasteiger partial charge in [-0.1, -0.05) is 39.0 Å². The van der Waals surface area contributed by atoms with Crippen molar-refractivity contribution in [2.75, 3.05) is 13.1 Å². The number of carbonyl (C=O) groups excluding carboxylic acids is 1. The monoisotopic (exact) mass is 501 g/mol. The molecule has 1 aliphatic rings. The lowest BCUT2D eigenvalue weighted by Crippen LogP contribution is -2.41. The van der Waals surface area contributed by atoms with Crippen molar-refractivity contribution in [3.05, 3.63) is 47.8 Å². The molecular weight excluding hydrogens is 461 g/mol. The van der Waals surface area contributed by atoms with Gasteiger partial charge in [0.25, 0.3) is 0 Å². The number of hydrogen-bond acceptors (Lipinski definition) is 5. The van der Waals surface area contributed by atoms with Crippen LogP contribution in [0.25, 0.3) is 11.1 Å². The highest BCUT2D eigenvalue weighted by Gasteiger charge is 2.37. The number of ether oxygens (including phenoxy) is 1. The Hall–Kier alpha value is -2.32. The van der Waals surface area contributed by atoms with Gasteiger partial charge in [0.1, 0.15) is 17.2 Å². The zero-order valence-corrected chi connectivity index (χ0v) is 23.4. The van der Waals surface area contributed by atoms with E-state index in [9.17, 15) is 4.79 Å². The van der Waals surface area contributed by atoms with Gasteiger partial charge in [-0.05, 0) is 51.7 Å². The molecular formula is C27H40FN3O3Si. The minimum Gasteiger partial charge on any atom is -0.444 e. The molecule has 1 fully saturated rings. The van der Waals surface area contributed by atoms with Crippen molar-refractivity contribution in [1.82, 2.24) is 14.9 Å². The fourth-order valence-corrected chi connectivity index (χ4v) is 4.67. The van der Waals surface area contributed by atoms with Crippen LogP contribution in [0.1, 0.15) is 71.7 Å². The number of aromatic nitrogens is 2. The molecule has 0 bridgehead atoms. The van der Waals surface area contributed by atoms with E-state index in [1.165, 1.54) is 0 Å². The van der Waals surface area contributed by atoms with E-state index in [0.717, 1.165) is 18.7 Å². The van der Waals surface area contributed by atoms with E-state index < -0.39 is 13.9 Å². The SMILES string of the molecule is CC(C)(C)OC(=O)N1CCC(c2ncc(-c3cccc(CO[Si](C)(C)C(C)(C)C)c3F)cn2)CC1. The maximum absolute atomic E-state index is 15.4. The maximum Gasteiger partial charge on any atom is 0.410 e. The molecule has 0 atom stereocenters. The normalized spacial score (nSPS) is 15.9. The van der Waals surface area contributed by atoms with Crippen LogP contribution in [0.15, 0.2) is 30.6 Å². The first-order valence-electron chi connectivity index (χ1n) is 12.4. The lowest BCUT2D eigenvalue weighted by molar-refractivity contribution is 0.0203. The lowest BCUT2D eigenvalue weighted by Gasteiger charge is -2.36. The molecule has 0 spiro atoms. The highest BCUT2D eigenvalue weighted by molar-refractivity contribution is 6.74. The van der Waals surface area contributed by atoms with Crippen molar-refractivity contribution in [2.24, 2.45) is 0 Å². The van der Waals surface area contributed by atoms with Crippen molar-refractivity contribution < 1.29 is 18.3 Å². The fraction of sp³-hybridized carbons (Fsp3) is 0.593. The van der Waals surface area contributed by atoms with Gasteiger partial charge in [0, 0.05) is 48.1 Å². The molecule has 1 aliphatic heterocycles. The van der Waals surface area contributed by atoms with Crippen molar-refractivity contribution in [3.8, 4) is 11.1 Å². The highest BCUT2D eigenvalue weighted by Crippen LogP contribution is 2.37. The average molecular weight is 502 g/mol. The van der Waals surface area contributed by atoms with Crippen LogP contribution in [-0.4, -0.2) is 48.0 Å².